The minimum Gasteiger partial charge on any atom is -0.313 e. The first-order chi connectivity index (χ1) is 13.1. The molecule has 1 aliphatic heterocycles. The SMILES string of the molecule is C/C=C(/[NH2+]Cc1cccnc1)[C@H]1C(=O)NC(=O)N(Cc2ccccc2)C1=O. The molecule has 1 aromatic heterocycles. The molecule has 0 unspecified atom stereocenters. The van der Waals surface area contributed by atoms with Crippen molar-refractivity contribution in [3.8, 4) is 0 Å². The zero-order valence-electron chi connectivity index (χ0n) is 15.0. The number of amides is 4. The van der Waals surface area contributed by atoms with E-state index in [0.717, 1.165) is 16.0 Å². The van der Waals surface area contributed by atoms with Crippen molar-refractivity contribution in [1.29, 1.82) is 0 Å². The van der Waals surface area contributed by atoms with Crippen molar-refractivity contribution in [2.45, 2.75) is 20.0 Å². The minimum absolute atomic E-state index is 0.120. The summed E-state index contributed by atoms with van der Waals surface area (Å²) < 4.78 is 0. The first kappa shape index (κ1) is 18.5. The van der Waals surface area contributed by atoms with E-state index < -0.39 is 23.8 Å². The number of allylic oxidation sites excluding steroid dienone is 1. The number of nitrogens with one attached hydrogen (secondary N) is 1. The Kier molecular flexibility index (Phi) is 5.73. The van der Waals surface area contributed by atoms with Gasteiger partial charge in [0.05, 0.1) is 6.54 Å². The Labute approximate surface area is 157 Å². The molecule has 2 aromatic rings. The van der Waals surface area contributed by atoms with E-state index in [1.807, 2.05) is 47.8 Å². The number of imide groups is 2. The average molecular weight is 365 g/mol. The summed E-state index contributed by atoms with van der Waals surface area (Å²) in [5.41, 5.74) is 2.36. The Bertz CT molecular complexity index is 865. The zero-order chi connectivity index (χ0) is 19.2. The summed E-state index contributed by atoms with van der Waals surface area (Å²) in [6.45, 7) is 2.43. The van der Waals surface area contributed by atoms with Crippen molar-refractivity contribution >= 4 is 17.8 Å². The number of hydrogen-bond donors (Lipinski definition) is 2. The van der Waals surface area contributed by atoms with E-state index >= 15 is 0 Å². The van der Waals surface area contributed by atoms with Crippen LogP contribution in [0, 0.1) is 5.92 Å². The van der Waals surface area contributed by atoms with Gasteiger partial charge in [-0.2, -0.15) is 0 Å². The number of nitrogens with zero attached hydrogens (tertiary/aromatic N) is 2. The molecule has 2 heterocycles. The zero-order valence-corrected chi connectivity index (χ0v) is 15.0. The van der Waals surface area contributed by atoms with Crippen LogP contribution in [0.1, 0.15) is 18.1 Å². The third-order valence-corrected chi connectivity index (χ3v) is 4.40. The van der Waals surface area contributed by atoms with Crippen molar-refractivity contribution in [2.75, 3.05) is 0 Å². The number of quaternary nitrogens is 1. The fourth-order valence-corrected chi connectivity index (χ4v) is 2.98. The van der Waals surface area contributed by atoms with Gasteiger partial charge in [0.25, 0.3) is 11.8 Å². The van der Waals surface area contributed by atoms with E-state index in [0.29, 0.717) is 12.2 Å². The van der Waals surface area contributed by atoms with E-state index in [-0.39, 0.29) is 6.54 Å². The summed E-state index contributed by atoms with van der Waals surface area (Å²) in [4.78, 5) is 42.6. The molecule has 7 heteroatoms. The van der Waals surface area contributed by atoms with Gasteiger partial charge in [0.1, 0.15) is 12.2 Å². The lowest BCUT2D eigenvalue weighted by Gasteiger charge is -2.30. The van der Waals surface area contributed by atoms with Crippen LogP contribution in [-0.4, -0.2) is 27.7 Å². The highest BCUT2D eigenvalue weighted by Crippen LogP contribution is 2.18. The lowest BCUT2D eigenvalue weighted by atomic mass is 9.99. The summed E-state index contributed by atoms with van der Waals surface area (Å²) in [5.74, 6) is -2.14. The van der Waals surface area contributed by atoms with E-state index in [4.69, 9.17) is 0 Å². The second-order valence-electron chi connectivity index (χ2n) is 6.20. The predicted octanol–water partition coefficient (Wildman–Crippen LogP) is 0.944. The highest BCUT2D eigenvalue weighted by atomic mass is 16.2. The summed E-state index contributed by atoms with van der Waals surface area (Å²) in [6.07, 6.45) is 5.15. The number of benzene rings is 1. The van der Waals surface area contributed by atoms with Crippen LogP contribution in [0.2, 0.25) is 0 Å². The first-order valence-corrected chi connectivity index (χ1v) is 8.68. The monoisotopic (exact) mass is 365 g/mol. The molecule has 7 nitrogen and oxygen atoms in total. The van der Waals surface area contributed by atoms with Crippen molar-refractivity contribution in [2.24, 2.45) is 5.92 Å². The molecule has 0 aliphatic carbocycles. The largest absolute Gasteiger partial charge is 0.331 e. The van der Waals surface area contributed by atoms with Crippen LogP contribution >= 0.6 is 0 Å². The van der Waals surface area contributed by atoms with Gasteiger partial charge in [0, 0.05) is 18.0 Å². The molecule has 1 aromatic carbocycles. The number of urea groups is 1. The van der Waals surface area contributed by atoms with Crippen LogP contribution in [0.5, 0.6) is 0 Å². The van der Waals surface area contributed by atoms with E-state index in [1.54, 1.807) is 25.4 Å². The molecule has 3 N–H and O–H groups in total. The number of nitrogens with two attached hydrogens (primary N) is 1. The molecule has 27 heavy (non-hydrogen) atoms. The van der Waals surface area contributed by atoms with Crippen LogP contribution in [0.4, 0.5) is 4.79 Å². The Morgan fingerprint density at radius 3 is 2.56 bits per heavy atom. The first-order valence-electron chi connectivity index (χ1n) is 8.68. The minimum atomic E-state index is -1.03. The second kappa shape index (κ2) is 8.37. The number of carbonyl (C=O) groups excluding carboxylic acids is 3. The molecule has 0 bridgehead atoms. The van der Waals surface area contributed by atoms with Crippen LogP contribution in [0.25, 0.3) is 0 Å². The fraction of sp³-hybridized carbons (Fsp3) is 0.200. The number of carbonyl (C=O) groups is 3. The van der Waals surface area contributed by atoms with Gasteiger partial charge in [0.2, 0.25) is 0 Å². The van der Waals surface area contributed by atoms with E-state index in [9.17, 15) is 14.4 Å². The number of barbiturate groups is 1. The van der Waals surface area contributed by atoms with Crippen LogP contribution < -0.4 is 10.6 Å². The maximum Gasteiger partial charge on any atom is 0.331 e. The van der Waals surface area contributed by atoms with Crippen molar-refractivity contribution in [3.63, 3.8) is 0 Å². The summed E-state index contributed by atoms with van der Waals surface area (Å²) >= 11 is 0. The normalized spacial score (nSPS) is 17.8. The topological polar surface area (TPSA) is 96.0 Å². The molecule has 0 spiro atoms. The van der Waals surface area contributed by atoms with Gasteiger partial charge in [-0.15, -0.1) is 0 Å². The maximum absolute atomic E-state index is 12.9. The summed E-state index contributed by atoms with van der Waals surface area (Å²) in [7, 11) is 0. The van der Waals surface area contributed by atoms with Gasteiger partial charge in [0.15, 0.2) is 5.92 Å². The third kappa shape index (κ3) is 4.27. The second-order valence-corrected chi connectivity index (χ2v) is 6.20. The standard InChI is InChI=1S/C20H20N4O3/c1-2-16(22-12-15-9-6-10-21-11-15)17-18(25)23-20(27)24(19(17)26)13-14-7-4-3-5-8-14/h2-11,17,22H,12-13H2,1H3,(H,23,25,27)/p+1/b16-2+/t17-/m0/s1. The molecule has 0 saturated carbocycles. The molecule has 1 fully saturated rings. The van der Waals surface area contributed by atoms with Gasteiger partial charge in [-0.05, 0) is 24.6 Å². The van der Waals surface area contributed by atoms with Crippen molar-refractivity contribution in [1.82, 2.24) is 15.2 Å². The molecule has 1 atom stereocenters. The molecule has 138 valence electrons. The fourth-order valence-electron chi connectivity index (χ4n) is 2.98. The highest BCUT2D eigenvalue weighted by molar-refractivity contribution is 6.17. The van der Waals surface area contributed by atoms with Crippen molar-refractivity contribution in [3.05, 3.63) is 77.8 Å². The molecule has 0 radical (unpaired) electrons. The number of hydrogen-bond acceptors (Lipinski definition) is 4. The lowest BCUT2D eigenvalue weighted by molar-refractivity contribution is -0.626. The summed E-state index contributed by atoms with van der Waals surface area (Å²) in [5, 5.41) is 4.13. The van der Waals surface area contributed by atoms with Gasteiger partial charge in [-0.1, -0.05) is 36.4 Å². The van der Waals surface area contributed by atoms with Gasteiger partial charge in [-0.25, -0.2) is 4.79 Å². The Morgan fingerprint density at radius 1 is 1.15 bits per heavy atom. The Hall–Kier alpha value is -3.32. The quantitative estimate of drug-likeness (QED) is 0.745. The molecule has 3 rings (SSSR count). The van der Waals surface area contributed by atoms with Gasteiger partial charge in [-0.3, -0.25) is 24.8 Å². The predicted molar refractivity (Wildman–Crippen MR) is 97.6 cm³/mol. The van der Waals surface area contributed by atoms with Crippen LogP contribution in [-0.2, 0) is 22.7 Å². The smallest absolute Gasteiger partial charge is 0.313 e. The lowest BCUT2D eigenvalue weighted by Crippen LogP contribution is -2.83. The van der Waals surface area contributed by atoms with Crippen molar-refractivity contribution < 1.29 is 19.7 Å². The van der Waals surface area contributed by atoms with Gasteiger partial charge < -0.3 is 5.32 Å². The highest BCUT2D eigenvalue weighted by Gasteiger charge is 2.44. The number of pyridine rings is 1. The molecule has 1 aliphatic rings. The Morgan fingerprint density at radius 2 is 1.89 bits per heavy atom. The van der Waals surface area contributed by atoms with Gasteiger partial charge >= 0.3 is 6.03 Å². The maximum atomic E-state index is 12.9. The van der Waals surface area contributed by atoms with Crippen LogP contribution in [0.15, 0.2) is 66.6 Å². The van der Waals surface area contributed by atoms with E-state index in [1.165, 1.54) is 0 Å². The average Bonchev–Trinajstić information content (AvgIpc) is 2.69. The van der Waals surface area contributed by atoms with Crippen LogP contribution in [0.3, 0.4) is 0 Å². The molecular formula is C20H21N4O3+. The third-order valence-electron chi connectivity index (χ3n) is 4.40. The number of rotatable bonds is 6. The molecule has 1 saturated heterocycles. The molecule has 4 amide bonds. The molecular weight excluding hydrogens is 344 g/mol. The number of aromatic nitrogens is 1. The Balaban J connectivity index is 1.76. The van der Waals surface area contributed by atoms with E-state index in [2.05, 4.69) is 10.3 Å². The summed E-state index contributed by atoms with van der Waals surface area (Å²) in [6, 6.07) is 12.3.